The van der Waals surface area contributed by atoms with Crippen molar-refractivity contribution in [1.82, 2.24) is 4.90 Å². The van der Waals surface area contributed by atoms with Gasteiger partial charge >= 0.3 is 6.03 Å². The second-order valence-electron chi connectivity index (χ2n) is 4.44. The molecule has 3 N–H and O–H groups in total. The van der Waals surface area contributed by atoms with Crippen LogP contribution < -0.4 is 10.6 Å². The predicted octanol–water partition coefficient (Wildman–Crippen LogP) is 2.01. The van der Waals surface area contributed by atoms with Gasteiger partial charge in [0.25, 0.3) is 0 Å². The monoisotopic (exact) mass is 265 g/mol. The van der Waals surface area contributed by atoms with E-state index in [1.807, 2.05) is 0 Å². The number of urea groups is 1. The van der Waals surface area contributed by atoms with Gasteiger partial charge in [-0.3, -0.25) is 4.90 Å². The molecule has 2 amide bonds. The number of nitrogens with zero attached hydrogens (tertiary/aromatic N) is 2. The van der Waals surface area contributed by atoms with Gasteiger partial charge in [-0.15, -0.1) is 0 Å². The number of rotatable bonds is 7. The van der Waals surface area contributed by atoms with Gasteiger partial charge in [0.15, 0.2) is 0 Å². The van der Waals surface area contributed by atoms with Crippen LogP contribution in [0.3, 0.4) is 0 Å². The highest BCUT2D eigenvalue weighted by atomic mass is 16.3. The number of amides is 2. The van der Waals surface area contributed by atoms with E-state index in [9.17, 15) is 9.90 Å². The Balaban J connectivity index is 2.68. The standard InChI is InChI=1S/C14H23N3O2/c1-3-9-16(4-2)10-11-17(14(15)19)12-5-7-13(18)8-6-12/h5-8,18H,3-4,9-11H2,1-2H3,(H2,15,19). The topological polar surface area (TPSA) is 69.8 Å². The molecule has 106 valence electrons. The number of benzene rings is 1. The normalized spacial score (nSPS) is 10.7. The van der Waals surface area contributed by atoms with E-state index >= 15 is 0 Å². The van der Waals surface area contributed by atoms with Crippen LogP contribution in [0.25, 0.3) is 0 Å². The molecular weight excluding hydrogens is 242 g/mol. The Labute approximate surface area is 114 Å². The SMILES string of the molecule is CCCN(CC)CCN(C(N)=O)c1ccc(O)cc1. The minimum absolute atomic E-state index is 0.175. The van der Waals surface area contributed by atoms with Crippen LogP contribution in [-0.4, -0.2) is 42.2 Å². The summed E-state index contributed by atoms with van der Waals surface area (Å²) in [7, 11) is 0. The van der Waals surface area contributed by atoms with E-state index in [1.165, 1.54) is 4.90 Å². The lowest BCUT2D eigenvalue weighted by Crippen LogP contribution is -2.41. The zero-order valence-corrected chi connectivity index (χ0v) is 11.7. The predicted molar refractivity (Wildman–Crippen MR) is 77.4 cm³/mol. The molecule has 5 heteroatoms. The second-order valence-corrected chi connectivity index (χ2v) is 4.44. The summed E-state index contributed by atoms with van der Waals surface area (Å²) in [5.74, 6) is 0.175. The maximum atomic E-state index is 11.5. The van der Waals surface area contributed by atoms with Crippen LogP contribution in [0.15, 0.2) is 24.3 Å². The van der Waals surface area contributed by atoms with E-state index < -0.39 is 6.03 Å². The molecular formula is C14H23N3O2. The summed E-state index contributed by atoms with van der Waals surface area (Å²) >= 11 is 0. The van der Waals surface area contributed by atoms with Crippen molar-refractivity contribution in [3.8, 4) is 5.75 Å². The van der Waals surface area contributed by atoms with Crippen molar-refractivity contribution in [2.45, 2.75) is 20.3 Å². The first-order valence-electron chi connectivity index (χ1n) is 6.66. The zero-order valence-electron chi connectivity index (χ0n) is 11.7. The van der Waals surface area contributed by atoms with Crippen molar-refractivity contribution in [3.05, 3.63) is 24.3 Å². The van der Waals surface area contributed by atoms with Crippen molar-refractivity contribution < 1.29 is 9.90 Å². The Morgan fingerprint density at radius 3 is 2.26 bits per heavy atom. The third-order valence-corrected chi connectivity index (χ3v) is 3.05. The van der Waals surface area contributed by atoms with Crippen molar-refractivity contribution in [1.29, 1.82) is 0 Å². The zero-order chi connectivity index (χ0) is 14.3. The van der Waals surface area contributed by atoms with Crippen LogP contribution >= 0.6 is 0 Å². The first-order valence-corrected chi connectivity index (χ1v) is 6.66. The number of hydrogen-bond acceptors (Lipinski definition) is 3. The summed E-state index contributed by atoms with van der Waals surface area (Å²) < 4.78 is 0. The first-order chi connectivity index (χ1) is 9.08. The summed E-state index contributed by atoms with van der Waals surface area (Å²) in [5, 5.41) is 9.26. The number of phenols is 1. The minimum Gasteiger partial charge on any atom is -0.508 e. The molecule has 0 atom stereocenters. The first kappa shape index (κ1) is 15.3. The molecule has 0 aliphatic rings. The molecule has 1 aromatic rings. The molecule has 0 saturated carbocycles. The number of nitrogens with two attached hydrogens (primary N) is 1. The number of carbonyl (C=O) groups is 1. The lowest BCUT2D eigenvalue weighted by atomic mass is 10.2. The smallest absolute Gasteiger partial charge is 0.319 e. The summed E-state index contributed by atoms with van der Waals surface area (Å²) in [4.78, 5) is 15.3. The van der Waals surface area contributed by atoms with Gasteiger partial charge in [-0.1, -0.05) is 13.8 Å². The van der Waals surface area contributed by atoms with E-state index in [4.69, 9.17) is 5.73 Å². The Kier molecular flexibility index (Phi) is 6.15. The van der Waals surface area contributed by atoms with Gasteiger partial charge in [-0.2, -0.15) is 0 Å². The van der Waals surface area contributed by atoms with Crippen molar-refractivity contribution in [2.75, 3.05) is 31.1 Å². The summed E-state index contributed by atoms with van der Waals surface area (Å²) in [5.41, 5.74) is 6.12. The lowest BCUT2D eigenvalue weighted by molar-refractivity contribution is 0.250. The average molecular weight is 265 g/mol. The quantitative estimate of drug-likeness (QED) is 0.792. The number of carbonyl (C=O) groups excluding carboxylic acids is 1. The van der Waals surface area contributed by atoms with Crippen LogP contribution in [0.1, 0.15) is 20.3 Å². The van der Waals surface area contributed by atoms with Gasteiger partial charge in [0.2, 0.25) is 0 Å². The maximum absolute atomic E-state index is 11.5. The molecule has 0 unspecified atom stereocenters. The van der Waals surface area contributed by atoms with E-state index in [2.05, 4.69) is 18.7 Å². The van der Waals surface area contributed by atoms with E-state index in [-0.39, 0.29) is 5.75 Å². The molecule has 0 aromatic heterocycles. The van der Waals surface area contributed by atoms with Gasteiger partial charge < -0.3 is 15.7 Å². The summed E-state index contributed by atoms with van der Waals surface area (Å²) in [6.45, 7) is 7.54. The van der Waals surface area contributed by atoms with Crippen LogP contribution in [0.2, 0.25) is 0 Å². The van der Waals surface area contributed by atoms with Crippen LogP contribution in [0, 0.1) is 0 Å². The van der Waals surface area contributed by atoms with Crippen LogP contribution in [-0.2, 0) is 0 Å². The second kappa shape index (κ2) is 7.63. The fourth-order valence-electron chi connectivity index (χ4n) is 1.98. The van der Waals surface area contributed by atoms with E-state index in [0.717, 1.165) is 26.1 Å². The fraction of sp³-hybridized carbons (Fsp3) is 0.500. The van der Waals surface area contributed by atoms with Crippen molar-refractivity contribution in [3.63, 3.8) is 0 Å². The number of primary amides is 1. The molecule has 1 rings (SSSR count). The Morgan fingerprint density at radius 1 is 1.16 bits per heavy atom. The molecule has 0 spiro atoms. The third kappa shape index (κ3) is 4.79. The Bertz CT molecular complexity index is 392. The number of phenolic OH excluding ortho intramolecular Hbond substituents is 1. The van der Waals surface area contributed by atoms with Gasteiger partial charge in [0.05, 0.1) is 0 Å². The van der Waals surface area contributed by atoms with Gasteiger partial charge in [0.1, 0.15) is 5.75 Å². The highest BCUT2D eigenvalue weighted by molar-refractivity contribution is 5.90. The molecule has 1 aromatic carbocycles. The molecule has 0 bridgehead atoms. The van der Waals surface area contributed by atoms with Gasteiger partial charge in [-0.05, 0) is 43.8 Å². The number of anilines is 1. The average Bonchev–Trinajstić information content (AvgIpc) is 2.39. The largest absolute Gasteiger partial charge is 0.508 e. The van der Waals surface area contributed by atoms with Crippen molar-refractivity contribution >= 4 is 11.7 Å². The third-order valence-electron chi connectivity index (χ3n) is 3.05. The van der Waals surface area contributed by atoms with E-state index in [1.54, 1.807) is 24.3 Å². The van der Waals surface area contributed by atoms with E-state index in [0.29, 0.717) is 12.2 Å². The number of likely N-dealkylation sites (N-methyl/N-ethyl adjacent to an activating group) is 1. The molecule has 0 saturated heterocycles. The fourth-order valence-corrected chi connectivity index (χ4v) is 1.98. The van der Waals surface area contributed by atoms with Crippen molar-refractivity contribution in [2.24, 2.45) is 5.73 Å². The Hall–Kier alpha value is -1.75. The lowest BCUT2D eigenvalue weighted by Gasteiger charge is -2.25. The summed E-state index contributed by atoms with van der Waals surface area (Å²) in [6.07, 6.45) is 1.09. The number of aromatic hydroxyl groups is 1. The highest BCUT2D eigenvalue weighted by Gasteiger charge is 2.13. The van der Waals surface area contributed by atoms with Gasteiger partial charge in [-0.25, -0.2) is 4.79 Å². The molecule has 5 nitrogen and oxygen atoms in total. The molecule has 0 aliphatic carbocycles. The van der Waals surface area contributed by atoms with Gasteiger partial charge in [0, 0.05) is 18.8 Å². The molecule has 0 aliphatic heterocycles. The summed E-state index contributed by atoms with van der Waals surface area (Å²) in [6, 6.07) is 6.01. The number of hydrogen-bond donors (Lipinski definition) is 2. The molecule has 0 radical (unpaired) electrons. The Morgan fingerprint density at radius 2 is 1.79 bits per heavy atom. The van der Waals surface area contributed by atoms with Crippen LogP contribution in [0.4, 0.5) is 10.5 Å². The molecule has 0 heterocycles. The minimum atomic E-state index is -0.474. The maximum Gasteiger partial charge on any atom is 0.319 e. The highest BCUT2D eigenvalue weighted by Crippen LogP contribution is 2.18. The molecule has 19 heavy (non-hydrogen) atoms. The molecule has 0 fully saturated rings. The van der Waals surface area contributed by atoms with Crippen LogP contribution in [0.5, 0.6) is 5.75 Å².